The smallest absolute Gasteiger partial charge is 0.272 e. The van der Waals surface area contributed by atoms with Crippen LogP contribution in [0.2, 0.25) is 0 Å². The Labute approximate surface area is 121 Å². The Balaban J connectivity index is 1.98. The molecule has 1 fully saturated rings. The van der Waals surface area contributed by atoms with Gasteiger partial charge in [0.25, 0.3) is 5.91 Å². The van der Waals surface area contributed by atoms with Gasteiger partial charge in [0.2, 0.25) is 0 Å². The second-order valence-corrected chi connectivity index (χ2v) is 5.48. The Bertz CT molecular complexity index is 439. The number of aromatic nitrogens is 1. The molecule has 0 atom stereocenters. The van der Waals surface area contributed by atoms with Crippen LogP contribution in [0.1, 0.15) is 50.0 Å². The Kier molecular flexibility index (Phi) is 5.39. The maximum absolute atomic E-state index is 12.5. The summed E-state index contributed by atoms with van der Waals surface area (Å²) in [6, 6.07) is 5.62. The predicted octanol–water partition coefficient (Wildman–Crippen LogP) is 3.17. The van der Waals surface area contributed by atoms with E-state index in [-0.39, 0.29) is 5.91 Å². The number of nitrogens with zero attached hydrogens (tertiary/aromatic N) is 2. The van der Waals surface area contributed by atoms with E-state index >= 15 is 0 Å². The monoisotopic (exact) mass is 275 g/mol. The number of carbonyl (C=O) groups is 1. The number of nitrogens with one attached hydrogen (secondary N) is 1. The van der Waals surface area contributed by atoms with Crippen molar-refractivity contribution in [1.29, 1.82) is 0 Å². The van der Waals surface area contributed by atoms with Crippen molar-refractivity contribution < 1.29 is 4.79 Å². The first-order valence-corrected chi connectivity index (χ1v) is 7.74. The highest BCUT2D eigenvalue weighted by molar-refractivity contribution is 5.92. The number of hydrogen-bond donors (Lipinski definition) is 1. The van der Waals surface area contributed by atoms with Crippen LogP contribution in [0.15, 0.2) is 18.2 Å². The largest absolute Gasteiger partial charge is 0.370 e. The highest BCUT2D eigenvalue weighted by Crippen LogP contribution is 2.21. The van der Waals surface area contributed by atoms with Crippen LogP contribution in [-0.2, 0) is 0 Å². The lowest BCUT2D eigenvalue weighted by Crippen LogP contribution is -2.38. The van der Waals surface area contributed by atoms with Crippen molar-refractivity contribution in [3.8, 4) is 0 Å². The average molecular weight is 275 g/mol. The molecule has 1 aromatic heterocycles. The van der Waals surface area contributed by atoms with E-state index in [4.69, 9.17) is 0 Å². The molecule has 1 aliphatic rings. The van der Waals surface area contributed by atoms with E-state index < -0.39 is 0 Å². The fourth-order valence-corrected chi connectivity index (χ4v) is 2.61. The van der Waals surface area contributed by atoms with Gasteiger partial charge in [0.05, 0.1) is 0 Å². The highest BCUT2D eigenvalue weighted by atomic mass is 16.2. The zero-order chi connectivity index (χ0) is 14.4. The third kappa shape index (κ3) is 3.71. The molecule has 1 N–H and O–H groups in total. The van der Waals surface area contributed by atoms with Crippen molar-refractivity contribution in [1.82, 2.24) is 9.88 Å². The molecule has 4 nitrogen and oxygen atoms in total. The summed E-state index contributed by atoms with van der Waals surface area (Å²) < 4.78 is 0. The second kappa shape index (κ2) is 7.27. The minimum absolute atomic E-state index is 0.0692. The molecule has 20 heavy (non-hydrogen) atoms. The molecule has 1 aliphatic heterocycles. The summed E-state index contributed by atoms with van der Waals surface area (Å²) in [5.41, 5.74) is 0.557. The molecule has 0 bridgehead atoms. The molecule has 2 rings (SSSR count). The van der Waals surface area contributed by atoms with Crippen LogP contribution in [-0.4, -0.2) is 35.4 Å². The van der Waals surface area contributed by atoms with Gasteiger partial charge in [-0.3, -0.25) is 4.79 Å². The van der Waals surface area contributed by atoms with Crippen LogP contribution in [0, 0.1) is 5.92 Å². The zero-order valence-electron chi connectivity index (χ0n) is 12.6. The minimum atomic E-state index is 0.0692. The number of amides is 1. The minimum Gasteiger partial charge on any atom is -0.370 e. The lowest BCUT2D eigenvalue weighted by atomic mass is 9.94. The van der Waals surface area contributed by atoms with Crippen molar-refractivity contribution in [3.63, 3.8) is 0 Å². The number of piperidine rings is 1. The maximum atomic E-state index is 12.5. The molecule has 4 heteroatoms. The van der Waals surface area contributed by atoms with Crippen LogP contribution in [0.3, 0.4) is 0 Å². The molecule has 110 valence electrons. The highest BCUT2D eigenvalue weighted by Gasteiger charge is 2.23. The molecule has 0 saturated carbocycles. The standard InChI is InChI=1S/C16H25N3O/c1-3-10-17-15-7-5-6-14(18-15)16(20)19-11-8-13(4-2)9-12-19/h5-7,13H,3-4,8-12H2,1-2H3,(H,17,18). The molecule has 1 amide bonds. The lowest BCUT2D eigenvalue weighted by Gasteiger charge is -2.31. The van der Waals surface area contributed by atoms with Gasteiger partial charge in [-0.1, -0.05) is 26.3 Å². The molecule has 0 aliphatic carbocycles. The van der Waals surface area contributed by atoms with Crippen LogP contribution >= 0.6 is 0 Å². The molecular formula is C16H25N3O. The van der Waals surface area contributed by atoms with Gasteiger partial charge < -0.3 is 10.2 Å². The first-order chi connectivity index (χ1) is 9.74. The molecule has 1 saturated heterocycles. The molecular weight excluding hydrogens is 250 g/mol. The summed E-state index contributed by atoms with van der Waals surface area (Å²) in [6.45, 7) is 6.95. The Morgan fingerprint density at radius 3 is 2.75 bits per heavy atom. The maximum Gasteiger partial charge on any atom is 0.272 e. The number of likely N-dealkylation sites (tertiary alicyclic amines) is 1. The lowest BCUT2D eigenvalue weighted by molar-refractivity contribution is 0.0683. The van der Waals surface area contributed by atoms with Crippen molar-refractivity contribution in [3.05, 3.63) is 23.9 Å². The SMILES string of the molecule is CCCNc1cccc(C(=O)N2CCC(CC)CC2)n1. The quantitative estimate of drug-likeness (QED) is 0.897. The summed E-state index contributed by atoms with van der Waals surface area (Å²) in [4.78, 5) is 18.8. The van der Waals surface area contributed by atoms with E-state index in [1.54, 1.807) is 0 Å². The van der Waals surface area contributed by atoms with Crippen LogP contribution in [0.4, 0.5) is 5.82 Å². The van der Waals surface area contributed by atoms with Crippen molar-refractivity contribution in [2.75, 3.05) is 25.0 Å². The third-order valence-electron chi connectivity index (χ3n) is 4.00. The van der Waals surface area contributed by atoms with E-state index in [1.165, 1.54) is 6.42 Å². The molecule has 0 aromatic carbocycles. The van der Waals surface area contributed by atoms with Gasteiger partial charge >= 0.3 is 0 Å². The summed E-state index contributed by atoms with van der Waals surface area (Å²) in [6.07, 6.45) is 4.51. The summed E-state index contributed by atoms with van der Waals surface area (Å²) in [5.74, 6) is 1.64. The molecule has 0 unspecified atom stereocenters. The van der Waals surface area contributed by atoms with Crippen molar-refractivity contribution >= 4 is 11.7 Å². The van der Waals surface area contributed by atoms with Gasteiger partial charge in [-0.05, 0) is 37.3 Å². The van der Waals surface area contributed by atoms with Crippen molar-refractivity contribution in [2.45, 2.75) is 39.5 Å². The molecule has 1 aromatic rings. The van der Waals surface area contributed by atoms with Crippen molar-refractivity contribution in [2.24, 2.45) is 5.92 Å². The fourth-order valence-electron chi connectivity index (χ4n) is 2.61. The number of carbonyl (C=O) groups excluding carboxylic acids is 1. The van der Waals surface area contributed by atoms with Gasteiger partial charge in [0.15, 0.2) is 0 Å². The number of pyridine rings is 1. The fraction of sp³-hybridized carbons (Fsp3) is 0.625. The van der Waals surface area contributed by atoms with Crippen LogP contribution in [0.5, 0.6) is 0 Å². The summed E-state index contributed by atoms with van der Waals surface area (Å²) in [7, 11) is 0. The first-order valence-electron chi connectivity index (χ1n) is 7.74. The molecule has 0 radical (unpaired) electrons. The van der Waals surface area contributed by atoms with E-state index in [0.29, 0.717) is 5.69 Å². The average Bonchev–Trinajstić information content (AvgIpc) is 2.52. The van der Waals surface area contributed by atoms with E-state index in [9.17, 15) is 4.79 Å². The van der Waals surface area contributed by atoms with Crippen LogP contribution in [0.25, 0.3) is 0 Å². The van der Waals surface area contributed by atoms with Gasteiger partial charge in [-0.25, -0.2) is 4.98 Å². The number of anilines is 1. The van der Waals surface area contributed by atoms with E-state index in [2.05, 4.69) is 24.1 Å². The number of rotatable bonds is 5. The van der Waals surface area contributed by atoms with Gasteiger partial charge in [-0.15, -0.1) is 0 Å². The normalized spacial score (nSPS) is 16.2. The Hall–Kier alpha value is -1.58. The Morgan fingerprint density at radius 2 is 2.10 bits per heavy atom. The molecule has 2 heterocycles. The summed E-state index contributed by atoms with van der Waals surface area (Å²) in [5, 5.41) is 3.23. The van der Waals surface area contributed by atoms with Crippen LogP contribution < -0.4 is 5.32 Å². The zero-order valence-corrected chi connectivity index (χ0v) is 12.6. The van der Waals surface area contributed by atoms with Gasteiger partial charge in [-0.2, -0.15) is 0 Å². The predicted molar refractivity (Wildman–Crippen MR) is 81.9 cm³/mol. The first kappa shape index (κ1) is 14.8. The van der Waals surface area contributed by atoms with E-state index in [1.807, 2.05) is 23.1 Å². The third-order valence-corrected chi connectivity index (χ3v) is 4.00. The number of hydrogen-bond acceptors (Lipinski definition) is 3. The van der Waals surface area contributed by atoms with Gasteiger partial charge in [0.1, 0.15) is 11.5 Å². The van der Waals surface area contributed by atoms with E-state index in [0.717, 1.165) is 50.6 Å². The Morgan fingerprint density at radius 1 is 1.35 bits per heavy atom. The summed E-state index contributed by atoms with van der Waals surface area (Å²) >= 11 is 0. The second-order valence-electron chi connectivity index (χ2n) is 5.48. The topological polar surface area (TPSA) is 45.2 Å². The van der Waals surface area contributed by atoms with Gasteiger partial charge in [0, 0.05) is 19.6 Å². The molecule has 0 spiro atoms.